The van der Waals surface area contributed by atoms with E-state index in [1.807, 2.05) is 12.1 Å². The summed E-state index contributed by atoms with van der Waals surface area (Å²) < 4.78 is 0. The summed E-state index contributed by atoms with van der Waals surface area (Å²) in [5.74, 6) is 5.97. The van der Waals surface area contributed by atoms with Crippen LogP contribution in [0.15, 0.2) is 24.3 Å². The van der Waals surface area contributed by atoms with Gasteiger partial charge in [0.25, 0.3) is 0 Å². The molecule has 1 fully saturated rings. The summed E-state index contributed by atoms with van der Waals surface area (Å²) in [4.78, 5) is 7.89. The van der Waals surface area contributed by atoms with E-state index in [-0.39, 0.29) is 6.04 Å². The van der Waals surface area contributed by atoms with Gasteiger partial charge in [0.1, 0.15) is 10.5 Å². The van der Waals surface area contributed by atoms with Gasteiger partial charge in [-0.1, -0.05) is 35.3 Å². The van der Waals surface area contributed by atoms with Crippen LogP contribution >= 0.6 is 11.3 Å². The molecule has 1 saturated heterocycles. The van der Waals surface area contributed by atoms with Gasteiger partial charge in [0.15, 0.2) is 5.13 Å². The van der Waals surface area contributed by atoms with Gasteiger partial charge >= 0.3 is 0 Å². The molecule has 1 aromatic heterocycles. The van der Waals surface area contributed by atoms with Gasteiger partial charge < -0.3 is 15.7 Å². The molecule has 0 bridgehead atoms. The molecule has 0 aliphatic carbocycles. The second-order valence-corrected chi connectivity index (χ2v) is 7.97. The third-order valence-electron chi connectivity index (χ3n) is 4.20. The highest BCUT2D eigenvalue weighted by Crippen LogP contribution is 2.34. The first kappa shape index (κ1) is 18.4. The molecule has 0 saturated carbocycles. The first-order valence-electron chi connectivity index (χ1n) is 8.63. The molecular formula is C20H22N4OS. The van der Waals surface area contributed by atoms with Crippen LogP contribution in [0.2, 0.25) is 0 Å². The minimum absolute atomic E-state index is 0.263. The predicted octanol–water partition coefficient (Wildman–Crippen LogP) is 2.73. The van der Waals surface area contributed by atoms with Gasteiger partial charge in [-0.3, -0.25) is 0 Å². The van der Waals surface area contributed by atoms with E-state index in [1.54, 1.807) is 26.0 Å². The summed E-state index contributed by atoms with van der Waals surface area (Å²) in [5.41, 5.74) is 7.26. The maximum Gasteiger partial charge on any atom is 0.187 e. The average molecular weight is 366 g/mol. The van der Waals surface area contributed by atoms with Crippen LogP contribution in [-0.2, 0) is 0 Å². The SMILES string of the molecule is CC(C)(O)C#Cc1sc(N2CCC(N)CC2)nc1-c1ccc(C#N)cc1. The number of rotatable bonds is 2. The number of anilines is 1. The van der Waals surface area contributed by atoms with Crippen molar-refractivity contribution in [2.45, 2.75) is 38.3 Å². The first-order chi connectivity index (χ1) is 12.4. The fourth-order valence-electron chi connectivity index (χ4n) is 2.73. The number of thiazole rings is 1. The Morgan fingerprint density at radius 1 is 1.27 bits per heavy atom. The maximum atomic E-state index is 9.94. The molecule has 3 rings (SSSR count). The first-order valence-corrected chi connectivity index (χ1v) is 9.45. The van der Waals surface area contributed by atoms with Crippen molar-refractivity contribution in [3.63, 3.8) is 0 Å². The van der Waals surface area contributed by atoms with Crippen LogP contribution in [-0.4, -0.2) is 34.8 Å². The van der Waals surface area contributed by atoms with Crippen molar-refractivity contribution in [3.8, 4) is 29.2 Å². The molecule has 134 valence electrons. The largest absolute Gasteiger partial charge is 0.378 e. The molecular weight excluding hydrogens is 344 g/mol. The Hall–Kier alpha value is -2.38. The van der Waals surface area contributed by atoms with Crippen LogP contribution in [0.25, 0.3) is 11.3 Å². The minimum atomic E-state index is -1.07. The molecule has 1 aliphatic heterocycles. The third-order valence-corrected chi connectivity index (χ3v) is 5.23. The zero-order valence-electron chi connectivity index (χ0n) is 15.0. The van der Waals surface area contributed by atoms with Crippen LogP contribution in [0, 0.1) is 23.2 Å². The van der Waals surface area contributed by atoms with Crippen molar-refractivity contribution >= 4 is 16.5 Å². The molecule has 6 heteroatoms. The second-order valence-electron chi connectivity index (χ2n) is 7.00. The van der Waals surface area contributed by atoms with E-state index in [1.165, 1.54) is 11.3 Å². The van der Waals surface area contributed by atoms with E-state index >= 15 is 0 Å². The van der Waals surface area contributed by atoms with Crippen molar-refractivity contribution in [2.75, 3.05) is 18.0 Å². The number of hydrogen-bond acceptors (Lipinski definition) is 6. The lowest BCUT2D eigenvalue weighted by Gasteiger charge is -2.29. The third kappa shape index (κ3) is 4.42. The van der Waals surface area contributed by atoms with Gasteiger partial charge in [-0.25, -0.2) is 4.98 Å². The second kappa shape index (κ2) is 7.47. The summed E-state index contributed by atoms with van der Waals surface area (Å²) in [6, 6.07) is 9.72. The number of hydrogen-bond donors (Lipinski definition) is 2. The normalized spacial score (nSPS) is 15.3. The maximum absolute atomic E-state index is 9.94. The van der Waals surface area contributed by atoms with Crippen molar-refractivity contribution < 1.29 is 5.11 Å². The minimum Gasteiger partial charge on any atom is -0.378 e. The number of nitriles is 1. The lowest BCUT2D eigenvalue weighted by Crippen LogP contribution is -2.39. The zero-order valence-corrected chi connectivity index (χ0v) is 15.8. The fourth-order valence-corrected chi connectivity index (χ4v) is 3.72. The highest BCUT2D eigenvalue weighted by molar-refractivity contribution is 7.16. The lowest BCUT2D eigenvalue weighted by molar-refractivity contribution is 0.143. The Morgan fingerprint density at radius 2 is 1.92 bits per heavy atom. The monoisotopic (exact) mass is 366 g/mol. The number of benzene rings is 1. The van der Waals surface area contributed by atoms with Gasteiger partial charge in [-0.2, -0.15) is 5.26 Å². The highest BCUT2D eigenvalue weighted by atomic mass is 32.1. The Morgan fingerprint density at radius 3 is 2.50 bits per heavy atom. The Bertz CT molecular complexity index is 870. The number of aromatic nitrogens is 1. The van der Waals surface area contributed by atoms with Gasteiger partial charge in [0.05, 0.1) is 17.3 Å². The van der Waals surface area contributed by atoms with Crippen LogP contribution in [0.5, 0.6) is 0 Å². The molecule has 0 atom stereocenters. The molecule has 0 unspecified atom stereocenters. The molecule has 5 nitrogen and oxygen atoms in total. The topological polar surface area (TPSA) is 86.2 Å². The number of nitrogens with two attached hydrogens (primary N) is 1. The van der Waals surface area contributed by atoms with E-state index in [9.17, 15) is 5.11 Å². The summed E-state index contributed by atoms with van der Waals surface area (Å²) in [7, 11) is 0. The Kier molecular flexibility index (Phi) is 5.29. The molecule has 26 heavy (non-hydrogen) atoms. The van der Waals surface area contributed by atoms with Crippen LogP contribution in [0.3, 0.4) is 0 Å². The standard InChI is InChI=1S/C20H22N4OS/c1-20(2,25)10-7-17-18(15-5-3-14(13-21)4-6-15)23-19(26-17)24-11-8-16(22)9-12-24/h3-6,16,25H,8-9,11-12,22H2,1-2H3. The van der Waals surface area contributed by atoms with E-state index < -0.39 is 5.60 Å². The predicted molar refractivity (Wildman–Crippen MR) is 105 cm³/mol. The fraction of sp³-hybridized carbons (Fsp3) is 0.400. The Balaban J connectivity index is 1.99. The molecule has 1 aromatic carbocycles. The van der Waals surface area contributed by atoms with Crippen molar-refractivity contribution in [3.05, 3.63) is 34.7 Å². The van der Waals surface area contributed by atoms with Crippen molar-refractivity contribution in [1.29, 1.82) is 5.26 Å². The summed E-state index contributed by atoms with van der Waals surface area (Å²) in [6.45, 7) is 5.10. The zero-order chi connectivity index (χ0) is 18.7. The molecule has 0 spiro atoms. The molecule has 3 N–H and O–H groups in total. The van der Waals surface area contributed by atoms with Gasteiger partial charge in [0, 0.05) is 24.7 Å². The van der Waals surface area contributed by atoms with Crippen LogP contribution in [0.4, 0.5) is 5.13 Å². The molecule has 0 radical (unpaired) electrons. The lowest BCUT2D eigenvalue weighted by atomic mass is 10.1. The van der Waals surface area contributed by atoms with Gasteiger partial charge in [-0.05, 0) is 38.8 Å². The van der Waals surface area contributed by atoms with Crippen molar-refractivity contribution in [1.82, 2.24) is 4.98 Å². The highest BCUT2D eigenvalue weighted by Gasteiger charge is 2.21. The van der Waals surface area contributed by atoms with E-state index in [0.717, 1.165) is 47.2 Å². The van der Waals surface area contributed by atoms with Gasteiger partial charge in [-0.15, -0.1) is 0 Å². The van der Waals surface area contributed by atoms with E-state index in [4.69, 9.17) is 16.0 Å². The summed E-state index contributed by atoms with van der Waals surface area (Å²) >= 11 is 1.54. The molecule has 2 aromatic rings. The summed E-state index contributed by atoms with van der Waals surface area (Å²) in [5, 5.41) is 19.9. The average Bonchev–Trinajstić information content (AvgIpc) is 3.04. The van der Waals surface area contributed by atoms with Crippen molar-refractivity contribution in [2.24, 2.45) is 5.73 Å². The Labute approximate surface area is 158 Å². The van der Waals surface area contributed by atoms with Crippen LogP contribution in [0.1, 0.15) is 37.1 Å². The number of piperidine rings is 1. The number of aliphatic hydroxyl groups is 1. The van der Waals surface area contributed by atoms with E-state index in [2.05, 4.69) is 22.8 Å². The van der Waals surface area contributed by atoms with Gasteiger partial charge in [0.2, 0.25) is 0 Å². The number of nitrogens with zero attached hydrogens (tertiary/aromatic N) is 3. The van der Waals surface area contributed by atoms with E-state index in [0.29, 0.717) is 5.56 Å². The summed E-state index contributed by atoms with van der Waals surface area (Å²) in [6.07, 6.45) is 1.91. The quantitative estimate of drug-likeness (QED) is 0.798. The molecule has 1 aliphatic rings. The molecule has 2 heterocycles. The van der Waals surface area contributed by atoms with Crippen LogP contribution < -0.4 is 10.6 Å². The molecule has 0 amide bonds. The smallest absolute Gasteiger partial charge is 0.187 e.